The van der Waals surface area contributed by atoms with E-state index in [2.05, 4.69) is 9.97 Å². The largest absolute Gasteiger partial charge is 0.462 e. The molecule has 1 aromatic rings. The first kappa shape index (κ1) is 11.1. The quantitative estimate of drug-likeness (QED) is 0.614. The maximum atomic E-state index is 11.4. The smallest absolute Gasteiger partial charge is 0.319 e. The van der Waals surface area contributed by atoms with Gasteiger partial charge in [0, 0.05) is 12.4 Å². The summed E-state index contributed by atoms with van der Waals surface area (Å²) in [6.07, 6.45) is 3.31. The summed E-state index contributed by atoms with van der Waals surface area (Å²) in [7, 11) is 0. The van der Waals surface area contributed by atoms with Crippen LogP contribution >= 0.6 is 11.8 Å². The number of thioether (sulfide) groups is 1. The van der Waals surface area contributed by atoms with Crippen molar-refractivity contribution in [1.29, 1.82) is 0 Å². The monoisotopic (exact) mass is 214 g/mol. The van der Waals surface area contributed by atoms with E-state index in [1.165, 1.54) is 11.8 Å². The molecular formula is C9H14N2O2S. The van der Waals surface area contributed by atoms with Gasteiger partial charge in [0.05, 0.1) is 6.10 Å². The van der Waals surface area contributed by atoms with E-state index in [4.69, 9.17) is 4.74 Å². The Kier molecular flexibility index (Phi) is 4.00. The first-order valence-corrected chi connectivity index (χ1v) is 5.34. The van der Waals surface area contributed by atoms with E-state index >= 15 is 0 Å². The lowest BCUT2D eigenvalue weighted by molar-refractivity contribution is -0.146. The van der Waals surface area contributed by atoms with Crippen molar-refractivity contribution in [3.05, 3.63) is 12.4 Å². The van der Waals surface area contributed by atoms with Crippen molar-refractivity contribution < 1.29 is 9.53 Å². The molecule has 1 aromatic heterocycles. The number of hydrogen-bond donors (Lipinski definition) is 1. The minimum Gasteiger partial charge on any atom is -0.462 e. The second kappa shape index (κ2) is 5.05. The van der Waals surface area contributed by atoms with Gasteiger partial charge in [-0.1, -0.05) is 11.8 Å². The Bertz CT molecular complexity index is 285. The van der Waals surface area contributed by atoms with Gasteiger partial charge in [-0.3, -0.25) is 4.79 Å². The van der Waals surface area contributed by atoms with E-state index < -0.39 is 0 Å². The number of H-pyrrole nitrogens is 1. The van der Waals surface area contributed by atoms with Crippen LogP contribution in [0.4, 0.5) is 0 Å². The Morgan fingerprint density at radius 1 is 1.57 bits per heavy atom. The van der Waals surface area contributed by atoms with Crippen molar-refractivity contribution >= 4 is 17.7 Å². The molecule has 78 valence electrons. The van der Waals surface area contributed by atoms with Gasteiger partial charge in [-0.25, -0.2) is 4.98 Å². The summed E-state index contributed by atoms with van der Waals surface area (Å²) >= 11 is 1.36. The minimum atomic E-state index is -0.233. The van der Waals surface area contributed by atoms with Crippen molar-refractivity contribution in [2.45, 2.75) is 37.3 Å². The lowest BCUT2D eigenvalue weighted by atomic mass is 10.4. The van der Waals surface area contributed by atoms with E-state index in [9.17, 15) is 4.79 Å². The normalized spacial score (nSPS) is 12.9. The van der Waals surface area contributed by atoms with Gasteiger partial charge in [-0.05, 0) is 20.8 Å². The Labute approximate surface area is 87.4 Å². The lowest BCUT2D eigenvalue weighted by Crippen LogP contribution is -2.20. The molecule has 1 atom stereocenters. The first-order valence-electron chi connectivity index (χ1n) is 4.46. The fourth-order valence-electron chi connectivity index (χ4n) is 0.859. The molecule has 0 fully saturated rings. The van der Waals surface area contributed by atoms with E-state index in [1.807, 2.05) is 13.8 Å². The van der Waals surface area contributed by atoms with Gasteiger partial charge in [0.25, 0.3) is 0 Å². The van der Waals surface area contributed by atoms with Crippen molar-refractivity contribution in [2.75, 3.05) is 0 Å². The number of ether oxygens (including phenoxy) is 1. The van der Waals surface area contributed by atoms with E-state index in [1.54, 1.807) is 19.3 Å². The Balaban J connectivity index is 2.42. The molecule has 14 heavy (non-hydrogen) atoms. The zero-order valence-electron chi connectivity index (χ0n) is 8.48. The second-order valence-corrected chi connectivity index (χ2v) is 4.47. The van der Waals surface area contributed by atoms with Crippen LogP contribution in [0.3, 0.4) is 0 Å². The van der Waals surface area contributed by atoms with Gasteiger partial charge in [-0.2, -0.15) is 0 Å². The van der Waals surface area contributed by atoms with Gasteiger partial charge >= 0.3 is 5.97 Å². The zero-order valence-corrected chi connectivity index (χ0v) is 9.30. The molecule has 1 rings (SSSR count). The van der Waals surface area contributed by atoms with Crippen LogP contribution < -0.4 is 0 Å². The topological polar surface area (TPSA) is 55.0 Å². The molecule has 1 unspecified atom stereocenters. The summed E-state index contributed by atoms with van der Waals surface area (Å²) in [5.41, 5.74) is 0. The van der Waals surface area contributed by atoms with Gasteiger partial charge in [-0.15, -0.1) is 0 Å². The molecule has 0 bridgehead atoms. The highest BCUT2D eigenvalue weighted by atomic mass is 32.2. The Morgan fingerprint density at radius 2 is 2.29 bits per heavy atom. The third-order valence-corrected chi connectivity index (χ3v) is 2.44. The Morgan fingerprint density at radius 3 is 2.79 bits per heavy atom. The summed E-state index contributed by atoms with van der Waals surface area (Å²) < 4.78 is 5.06. The molecule has 1 N–H and O–H groups in total. The molecule has 0 amide bonds. The van der Waals surface area contributed by atoms with E-state index in [-0.39, 0.29) is 17.3 Å². The van der Waals surface area contributed by atoms with Crippen LogP contribution in [0, 0.1) is 0 Å². The number of imidazole rings is 1. The maximum absolute atomic E-state index is 11.4. The summed E-state index contributed by atoms with van der Waals surface area (Å²) in [6, 6.07) is 0. The molecule has 1 heterocycles. The number of carbonyl (C=O) groups is 1. The number of aromatic nitrogens is 2. The van der Waals surface area contributed by atoms with Crippen molar-refractivity contribution in [3.8, 4) is 0 Å². The fraction of sp³-hybridized carbons (Fsp3) is 0.556. The molecule has 0 saturated carbocycles. The lowest BCUT2D eigenvalue weighted by Gasteiger charge is -2.11. The Hall–Kier alpha value is -0.970. The molecule has 0 saturated heterocycles. The number of rotatable bonds is 4. The van der Waals surface area contributed by atoms with Gasteiger partial charge in [0.1, 0.15) is 5.25 Å². The summed E-state index contributed by atoms with van der Waals surface area (Å²) in [5.74, 6) is -0.207. The average molecular weight is 214 g/mol. The van der Waals surface area contributed by atoms with Gasteiger partial charge < -0.3 is 9.72 Å². The average Bonchev–Trinajstić information content (AvgIpc) is 2.55. The summed E-state index contributed by atoms with van der Waals surface area (Å²) in [5, 5.41) is 0.502. The maximum Gasteiger partial charge on any atom is 0.319 e. The highest BCUT2D eigenvalue weighted by Crippen LogP contribution is 2.19. The number of aromatic amines is 1. The van der Waals surface area contributed by atoms with Crippen LogP contribution in [0.1, 0.15) is 20.8 Å². The molecule has 5 heteroatoms. The molecular weight excluding hydrogens is 200 g/mol. The van der Waals surface area contributed by atoms with Crippen LogP contribution in [0.15, 0.2) is 17.6 Å². The predicted molar refractivity (Wildman–Crippen MR) is 55.1 cm³/mol. The van der Waals surface area contributed by atoms with Crippen LogP contribution in [0.2, 0.25) is 0 Å². The zero-order chi connectivity index (χ0) is 10.6. The van der Waals surface area contributed by atoms with Crippen molar-refractivity contribution in [1.82, 2.24) is 9.97 Å². The second-order valence-electron chi connectivity index (χ2n) is 3.14. The van der Waals surface area contributed by atoms with Crippen LogP contribution in [0.25, 0.3) is 0 Å². The van der Waals surface area contributed by atoms with Gasteiger partial charge in [0.2, 0.25) is 0 Å². The molecule has 4 nitrogen and oxygen atoms in total. The molecule has 0 aromatic carbocycles. The van der Waals surface area contributed by atoms with Gasteiger partial charge in [0.15, 0.2) is 5.16 Å². The number of nitrogens with zero attached hydrogens (tertiary/aromatic N) is 1. The molecule has 0 radical (unpaired) electrons. The van der Waals surface area contributed by atoms with Crippen LogP contribution in [0.5, 0.6) is 0 Å². The van der Waals surface area contributed by atoms with Crippen LogP contribution in [-0.2, 0) is 9.53 Å². The highest BCUT2D eigenvalue weighted by Gasteiger charge is 2.17. The fourth-order valence-corrected chi connectivity index (χ4v) is 1.60. The molecule has 0 aliphatic carbocycles. The predicted octanol–water partition coefficient (Wildman–Crippen LogP) is 1.84. The molecule has 0 spiro atoms. The van der Waals surface area contributed by atoms with Crippen LogP contribution in [-0.4, -0.2) is 27.3 Å². The standard InChI is InChI=1S/C9H14N2O2S/c1-6(2)13-8(12)7(3)14-9-10-4-5-11-9/h4-7H,1-3H3,(H,10,11). The number of esters is 1. The van der Waals surface area contributed by atoms with Crippen molar-refractivity contribution in [2.24, 2.45) is 0 Å². The number of nitrogens with one attached hydrogen (secondary N) is 1. The van der Waals surface area contributed by atoms with Crippen molar-refractivity contribution in [3.63, 3.8) is 0 Å². The summed E-state index contributed by atoms with van der Waals surface area (Å²) in [6.45, 7) is 5.47. The number of hydrogen-bond acceptors (Lipinski definition) is 4. The third kappa shape index (κ3) is 3.41. The SMILES string of the molecule is CC(C)OC(=O)C(C)Sc1ncc[nH]1. The van der Waals surface area contributed by atoms with E-state index in [0.29, 0.717) is 0 Å². The third-order valence-electron chi connectivity index (χ3n) is 1.45. The summed E-state index contributed by atoms with van der Waals surface area (Å²) in [4.78, 5) is 18.3. The highest BCUT2D eigenvalue weighted by molar-refractivity contribution is 8.00. The first-order chi connectivity index (χ1) is 6.59. The molecule has 0 aliphatic rings. The molecule has 0 aliphatic heterocycles. The number of carbonyl (C=O) groups excluding carboxylic acids is 1. The minimum absolute atomic E-state index is 0.0675. The van der Waals surface area contributed by atoms with E-state index in [0.717, 1.165) is 5.16 Å².